The number of aromatic nitrogens is 3. The Kier molecular flexibility index (Phi) is 7.56. The van der Waals surface area contributed by atoms with Crippen molar-refractivity contribution in [2.75, 3.05) is 33.1 Å². The van der Waals surface area contributed by atoms with E-state index >= 15 is 0 Å². The van der Waals surface area contributed by atoms with Gasteiger partial charge < -0.3 is 14.4 Å². The van der Waals surface area contributed by atoms with Gasteiger partial charge in [-0.3, -0.25) is 19.0 Å². The van der Waals surface area contributed by atoms with Crippen LogP contribution in [0.15, 0.2) is 29.7 Å². The summed E-state index contributed by atoms with van der Waals surface area (Å²) in [4.78, 5) is 36.7. The smallest absolute Gasteiger partial charge is 0.325 e. The van der Waals surface area contributed by atoms with Gasteiger partial charge in [-0.1, -0.05) is 17.8 Å². The molecule has 28 heavy (non-hydrogen) atoms. The Labute approximate surface area is 167 Å². The summed E-state index contributed by atoms with van der Waals surface area (Å²) >= 11 is 1.16. The minimum absolute atomic E-state index is 0.0302. The minimum atomic E-state index is -0.624. The second kappa shape index (κ2) is 9.88. The van der Waals surface area contributed by atoms with Crippen LogP contribution in [0.3, 0.4) is 0 Å². The molecular weight excluding hydrogens is 384 g/mol. The predicted molar refractivity (Wildman–Crippen MR) is 102 cm³/mol. The van der Waals surface area contributed by atoms with Crippen molar-refractivity contribution in [3.05, 3.63) is 35.7 Å². The van der Waals surface area contributed by atoms with Crippen molar-refractivity contribution in [3.8, 4) is 5.69 Å². The number of amides is 1. The molecule has 0 saturated heterocycles. The molecule has 0 unspecified atom stereocenters. The molecule has 0 saturated carbocycles. The number of aryl methyl sites for hydroxylation is 2. The standard InChI is InChI=1S/C18H22N4O5S/c1-12-5-6-14(7-13(12)2)22-11-19-20-18(22)28-10-15(23)21(8-16(24)26-3)9-17(25)27-4/h5-7,11H,8-10H2,1-4H3. The van der Waals surface area contributed by atoms with Gasteiger partial charge in [0.15, 0.2) is 5.16 Å². The summed E-state index contributed by atoms with van der Waals surface area (Å²) in [6, 6.07) is 5.95. The zero-order valence-corrected chi connectivity index (χ0v) is 17.0. The first-order valence-electron chi connectivity index (χ1n) is 8.37. The lowest BCUT2D eigenvalue weighted by molar-refractivity contribution is -0.151. The number of hydrogen-bond acceptors (Lipinski definition) is 8. The number of thioether (sulfide) groups is 1. The van der Waals surface area contributed by atoms with Gasteiger partial charge in [0.2, 0.25) is 5.91 Å². The van der Waals surface area contributed by atoms with E-state index < -0.39 is 17.8 Å². The van der Waals surface area contributed by atoms with Crippen LogP contribution in [0.5, 0.6) is 0 Å². The number of hydrogen-bond donors (Lipinski definition) is 0. The van der Waals surface area contributed by atoms with Crippen molar-refractivity contribution in [2.24, 2.45) is 0 Å². The van der Waals surface area contributed by atoms with E-state index in [1.165, 1.54) is 19.8 Å². The highest BCUT2D eigenvalue weighted by Gasteiger charge is 2.22. The normalized spacial score (nSPS) is 10.4. The lowest BCUT2D eigenvalue weighted by atomic mass is 10.1. The number of carbonyl (C=O) groups is 3. The average Bonchev–Trinajstić information content (AvgIpc) is 3.15. The summed E-state index contributed by atoms with van der Waals surface area (Å²) in [5.41, 5.74) is 3.17. The molecule has 9 nitrogen and oxygen atoms in total. The summed E-state index contributed by atoms with van der Waals surface area (Å²) in [6.07, 6.45) is 1.57. The van der Waals surface area contributed by atoms with E-state index in [4.69, 9.17) is 0 Å². The molecule has 0 bridgehead atoms. The summed E-state index contributed by atoms with van der Waals surface area (Å²) in [7, 11) is 2.42. The van der Waals surface area contributed by atoms with E-state index in [1.54, 1.807) is 10.9 Å². The van der Waals surface area contributed by atoms with Gasteiger partial charge in [0.25, 0.3) is 0 Å². The number of benzene rings is 1. The Hall–Kier alpha value is -2.88. The zero-order valence-electron chi connectivity index (χ0n) is 16.2. The third-order valence-corrected chi connectivity index (χ3v) is 4.99. The van der Waals surface area contributed by atoms with Crippen LogP contribution in [0.2, 0.25) is 0 Å². The molecule has 1 amide bonds. The molecule has 0 aliphatic heterocycles. The molecule has 1 aromatic carbocycles. The molecular formula is C18H22N4O5S. The molecule has 0 radical (unpaired) electrons. The van der Waals surface area contributed by atoms with Crippen LogP contribution in [0.4, 0.5) is 0 Å². The van der Waals surface area contributed by atoms with Crippen LogP contribution in [0, 0.1) is 13.8 Å². The van der Waals surface area contributed by atoms with Gasteiger partial charge in [-0.05, 0) is 37.1 Å². The predicted octanol–water partition coefficient (Wildman–Crippen LogP) is 1.15. The van der Waals surface area contributed by atoms with Crippen LogP contribution in [-0.2, 0) is 23.9 Å². The van der Waals surface area contributed by atoms with E-state index in [9.17, 15) is 14.4 Å². The molecule has 0 spiro atoms. The second-order valence-electron chi connectivity index (χ2n) is 5.94. The van der Waals surface area contributed by atoms with Crippen LogP contribution >= 0.6 is 11.8 Å². The molecule has 0 aliphatic carbocycles. The van der Waals surface area contributed by atoms with E-state index in [-0.39, 0.29) is 18.8 Å². The third-order valence-electron chi connectivity index (χ3n) is 4.06. The van der Waals surface area contributed by atoms with Gasteiger partial charge in [0, 0.05) is 5.69 Å². The van der Waals surface area contributed by atoms with Crippen LogP contribution in [0.25, 0.3) is 5.69 Å². The fourth-order valence-electron chi connectivity index (χ4n) is 2.27. The largest absolute Gasteiger partial charge is 0.468 e. The molecule has 0 N–H and O–H groups in total. The maximum Gasteiger partial charge on any atom is 0.325 e. The van der Waals surface area contributed by atoms with Crippen molar-refractivity contribution < 1.29 is 23.9 Å². The van der Waals surface area contributed by atoms with E-state index in [0.717, 1.165) is 27.9 Å². The highest BCUT2D eigenvalue weighted by atomic mass is 32.2. The number of rotatable bonds is 8. The number of ether oxygens (including phenoxy) is 2. The fraction of sp³-hybridized carbons (Fsp3) is 0.389. The first-order valence-corrected chi connectivity index (χ1v) is 9.36. The quantitative estimate of drug-likeness (QED) is 0.475. The van der Waals surface area contributed by atoms with Crippen molar-refractivity contribution in [3.63, 3.8) is 0 Å². The molecule has 150 valence electrons. The molecule has 2 rings (SSSR count). The average molecular weight is 406 g/mol. The topological polar surface area (TPSA) is 104 Å². The Morgan fingerprint density at radius 1 is 1.07 bits per heavy atom. The number of esters is 2. The minimum Gasteiger partial charge on any atom is -0.468 e. The molecule has 0 atom stereocenters. The Morgan fingerprint density at radius 3 is 2.29 bits per heavy atom. The molecule has 0 aliphatic rings. The molecule has 1 heterocycles. The number of carbonyl (C=O) groups excluding carboxylic acids is 3. The monoisotopic (exact) mass is 406 g/mol. The number of methoxy groups -OCH3 is 2. The Bertz CT molecular complexity index is 849. The summed E-state index contributed by atoms with van der Waals surface area (Å²) in [5, 5.41) is 8.49. The third kappa shape index (κ3) is 5.56. The van der Waals surface area contributed by atoms with E-state index in [2.05, 4.69) is 19.7 Å². The van der Waals surface area contributed by atoms with Crippen LogP contribution in [-0.4, -0.2) is 70.6 Å². The second-order valence-corrected chi connectivity index (χ2v) is 6.89. The fourth-order valence-corrected chi connectivity index (χ4v) is 3.10. The van der Waals surface area contributed by atoms with Gasteiger partial charge in [-0.15, -0.1) is 10.2 Å². The Morgan fingerprint density at radius 2 is 1.71 bits per heavy atom. The van der Waals surface area contributed by atoms with Crippen molar-refractivity contribution in [1.82, 2.24) is 19.7 Å². The maximum atomic E-state index is 12.5. The van der Waals surface area contributed by atoms with Crippen LogP contribution < -0.4 is 0 Å². The molecule has 1 aromatic heterocycles. The van der Waals surface area contributed by atoms with Crippen molar-refractivity contribution >= 4 is 29.6 Å². The number of nitrogens with zero attached hydrogens (tertiary/aromatic N) is 4. The maximum absolute atomic E-state index is 12.5. The van der Waals surface area contributed by atoms with Crippen molar-refractivity contribution in [1.29, 1.82) is 0 Å². The van der Waals surface area contributed by atoms with E-state index in [0.29, 0.717) is 5.16 Å². The van der Waals surface area contributed by atoms with Gasteiger partial charge >= 0.3 is 11.9 Å². The van der Waals surface area contributed by atoms with Gasteiger partial charge in [-0.25, -0.2) is 0 Å². The van der Waals surface area contributed by atoms with Crippen molar-refractivity contribution in [2.45, 2.75) is 19.0 Å². The van der Waals surface area contributed by atoms with Gasteiger partial charge in [0.05, 0.1) is 20.0 Å². The zero-order chi connectivity index (χ0) is 20.7. The lowest BCUT2D eigenvalue weighted by Crippen LogP contribution is -2.41. The first kappa shape index (κ1) is 21.4. The highest BCUT2D eigenvalue weighted by molar-refractivity contribution is 7.99. The van der Waals surface area contributed by atoms with E-state index in [1.807, 2.05) is 32.0 Å². The molecule has 0 fully saturated rings. The Balaban J connectivity index is 2.10. The summed E-state index contributed by atoms with van der Waals surface area (Å²) in [5.74, 6) is -1.70. The SMILES string of the molecule is COC(=O)CN(CC(=O)OC)C(=O)CSc1nncn1-c1ccc(C)c(C)c1. The molecule has 10 heteroatoms. The first-order chi connectivity index (χ1) is 13.3. The summed E-state index contributed by atoms with van der Waals surface area (Å²) in [6.45, 7) is 3.36. The summed E-state index contributed by atoms with van der Waals surface area (Å²) < 4.78 is 10.9. The highest BCUT2D eigenvalue weighted by Crippen LogP contribution is 2.21. The molecule has 2 aromatic rings. The van der Waals surface area contributed by atoms with Gasteiger partial charge in [0.1, 0.15) is 19.4 Å². The lowest BCUT2D eigenvalue weighted by Gasteiger charge is -2.19. The van der Waals surface area contributed by atoms with Gasteiger partial charge in [-0.2, -0.15) is 0 Å². The van der Waals surface area contributed by atoms with Crippen LogP contribution in [0.1, 0.15) is 11.1 Å².